The molecule has 1 aromatic rings. The third-order valence-electron chi connectivity index (χ3n) is 4.58. The van der Waals surface area contributed by atoms with Gasteiger partial charge in [-0.15, -0.1) is 23.1 Å². The number of oxime groups is 1. The van der Waals surface area contributed by atoms with E-state index >= 15 is 0 Å². The second-order valence-corrected chi connectivity index (χ2v) is 11.3. The number of hydrogen-bond donors (Lipinski definition) is 5. The Bertz CT molecular complexity index is 1060. The molecular weight excluding hydrogens is 528 g/mol. The predicted molar refractivity (Wildman–Crippen MR) is 130 cm³/mol. The van der Waals surface area contributed by atoms with Crippen molar-refractivity contribution in [3.05, 3.63) is 22.3 Å². The predicted octanol–water partition coefficient (Wildman–Crippen LogP) is -0.392. The van der Waals surface area contributed by atoms with Crippen molar-refractivity contribution in [2.45, 2.75) is 17.5 Å². The lowest BCUT2D eigenvalue weighted by atomic mass is 10.0. The zero-order valence-electron chi connectivity index (χ0n) is 17.5. The van der Waals surface area contributed by atoms with Crippen molar-refractivity contribution in [2.75, 3.05) is 30.1 Å². The Morgan fingerprint density at radius 1 is 1.41 bits per heavy atom. The number of anilines is 1. The van der Waals surface area contributed by atoms with Crippen LogP contribution in [0.4, 0.5) is 5.13 Å². The molecule has 7 N–H and O–H groups in total. The number of amides is 2. The molecule has 0 aliphatic carbocycles. The summed E-state index contributed by atoms with van der Waals surface area (Å²) in [5.41, 5.74) is 11.5. The standard InChI is InChI=1S/C17H20N6O7S4/c1-30-22-9(8-5-32-17(19)20-8)12(24)21-10-13(25)23-11(16(28)29)6(2-31-14(10)23)3-33-34-4-7(18)15(26)27/h5,7,10,14H,2-4,18H2,1H3,(H2,19,20)(H,21,24)(H,26,27)(H,28,29)/b22-9-/t7-,10+,14+/m1/s1. The number of nitrogen functional groups attached to an aromatic ring is 1. The van der Waals surface area contributed by atoms with Crippen molar-refractivity contribution in [1.29, 1.82) is 0 Å². The average Bonchev–Trinajstić information content (AvgIpc) is 3.23. The van der Waals surface area contributed by atoms with Crippen LogP contribution >= 0.6 is 44.7 Å². The Labute approximate surface area is 209 Å². The lowest BCUT2D eigenvalue weighted by molar-refractivity contribution is -0.150. The smallest absolute Gasteiger partial charge is 0.352 e. The quantitative estimate of drug-likeness (QED) is 0.0785. The first-order valence-corrected chi connectivity index (χ1v) is 13.8. The SMILES string of the molecule is CO/N=C(\C(=O)N[C@H]1C(=O)N2C(C(=O)O)=C(CSSC[C@@H](N)C(=O)O)CS[C@@H]12)c1csc(N)n1. The van der Waals surface area contributed by atoms with Crippen molar-refractivity contribution in [2.24, 2.45) is 10.9 Å². The van der Waals surface area contributed by atoms with Gasteiger partial charge in [0.15, 0.2) is 10.8 Å². The highest BCUT2D eigenvalue weighted by Crippen LogP contribution is 2.42. The molecule has 2 aliphatic heterocycles. The molecule has 3 rings (SSSR count). The average molecular weight is 549 g/mol. The summed E-state index contributed by atoms with van der Waals surface area (Å²) in [6.07, 6.45) is 0. The molecule has 184 valence electrons. The molecule has 3 atom stereocenters. The summed E-state index contributed by atoms with van der Waals surface area (Å²) in [7, 11) is 3.73. The lowest BCUT2D eigenvalue weighted by Gasteiger charge is -2.49. The first-order valence-electron chi connectivity index (χ1n) is 9.41. The number of hydrogen-bond acceptors (Lipinski definition) is 13. The minimum Gasteiger partial charge on any atom is -0.480 e. The van der Waals surface area contributed by atoms with E-state index in [0.29, 0.717) is 11.3 Å². The van der Waals surface area contributed by atoms with E-state index in [9.17, 15) is 24.3 Å². The molecule has 1 saturated heterocycles. The van der Waals surface area contributed by atoms with Gasteiger partial charge in [-0.25, -0.2) is 9.78 Å². The van der Waals surface area contributed by atoms with Gasteiger partial charge in [0, 0.05) is 22.6 Å². The number of carbonyl (C=O) groups excluding carboxylic acids is 2. The van der Waals surface area contributed by atoms with Crippen LogP contribution in [0.25, 0.3) is 0 Å². The number of thiazole rings is 1. The van der Waals surface area contributed by atoms with Crippen molar-refractivity contribution in [3.8, 4) is 0 Å². The van der Waals surface area contributed by atoms with Gasteiger partial charge < -0.3 is 31.8 Å². The largest absolute Gasteiger partial charge is 0.480 e. The number of rotatable bonds is 11. The summed E-state index contributed by atoms with van der Waals surface area (Å²) < 4.78 is 0. The van der Waals surface area contributed by atoms with Gasteiger partial charge in [-0.2, -0.15) is 0 Å². The van der Waals surface area contributed by atoms with Crippen LogP contribution in [0.3, 0.4) is 0 Å². The third kappa shape index (κ3) is 5.60. The van der Waals surface area contributed by atoms with Gasteiger partial charge in [-0.05, 0) is 5.57 Å². The van der Waals surface area contributed by atoms with Gasteiger partial charge in [-0.1, -0.05) is 26.7 Å². The maximum absolute atomic E-state index is 12.8. The highest BCUT2D eigenvalue weighted by Gasteiger charge is 2.54. The molecule has 0 bridgehead atoms. The fourth-order valence-electron chi connectivity index (χ4n) is 3.00. The molecule has 0 spiro atoms. The summed E-state index contributed by atoms with van der Waals surface area (Å²) in [5.74, 6) is -2.91. The van der Waals surface area contributed by atoms with E-state index < -0.39 is 41.2 Å². The fourth-order valence-corrected chi connectivity index (χ4v) is 7.28. The van der Waals surface area contributed by atoms with Crippen molar-refractivity contribution < 1.29 is 34.2 Å². The zero-order chi connectivity index (χ0) is 25.0. The molecule has 17 heteroatoms. The Hall–Kier alpha value is -2.47. The Morgan fingerprint density at radius 3 is 2.74 bits per heavy atom. The van der Waals surface area contributed by atoms with Gasteiger partial charge in [0.2, 0.25) is 0 Å². The molecule has 2 amide bonds. The van der Waals surface area contributed by atoms with Gasteiger partial charge in [0.1, 0.15) is 36.0 Å². The van der Waals surface area contributed by atoms with Gasteiger partial charge >= 0.3 is 11.9 Å². The number of aliphatic carboxylic acids is 2. The normalized spacial score (nSPS) is 20.9. The number of carboxylic acids is 2. The molecule has 2 aliphatic rings. The maximum Gasteiger partial charge on any atom is 0.352 e. The first kappa shape index (κ1) is 26.1. The molecular formula is C17H20N6O7S4. The number of β-lactam (4-membered cyclic amide) rings is 1. The second kappa shape index (κ2) is 11.3. The highest BCUT2D eigenvalue weighted by molar-refractivity contribution is 8.76. The number of fused-ring (bicyclic) bond motifs is 1. The van der Waals surface area contributed by atoms with E-state index in [1.807, 2.05) is 0 Å². The van der Waals surface area contributed by atoms with Crippen LogP contribution in [-0.2, 0) is 24.0 Å². The second-order valence-electron chi connectivity index (χ2n) is 6.80. The van der Waals surface area contributed by atoms with E-state index in [0.717, 1.165) is 16.2 Å². The minimum absolute atomic E-state index is 0.132. The van der Waals surface area contributed by atoms with Crippen LogP contribution in [0, 0.1) is 0 Å². The van der Waals surface area contributed by atoms with Crippen molar-refractivity contribution >= 4 is 79.3 Å². The van der Waals surface area contributed by atoms with Crippen LogP contribution in [0.1, 0.15) is 5.69 Å². The monoisotopic (exact) mass is 548 g/mol. The molecule has 0 radical (unpaired) electrons. The van der Waals surface area contributed by atoms with E-state index in [1.165, 1.54) is 45.8 Å². The van der Waals surface area contributed by atoms with Crippen molar-refractivity contribution in [1.82, 2.24) is 15.2 Å². The van der Waals surface area contributed by atoms with Gasteiger partial charge in [0.25, 0.3) is 11.8 Å². The summed E-state index contributed by atoms with van der Waals surface area (Å²) in [5, 5.41) is 26.0. The lowest BCUT2D eigenvalue weighted by Crippen LogP contribution is -2.71. The molecule has 1 fully saturated rings. The third-order valence-corrected chi connectivity index (χ3v) is 8.98. The zero-order valence-corrected chi connectivity index (χ0v) is 20.8. The minimum atomic E-state index is -1.26. The number of nitrogens with zero attached hydrogens (tertiary/aromatic N) is 3. The summed E-state index contributed by atoms with van der Waals surface area (Å²) in [4.78, 5) is 58.1. The molecule has 13 nitrogen and oxygen atoms in total. The summed E-state index contributed by atoms with van der Waals surface area (Å²) in [6.45, 7) is 0. The first-order chi connectivity index (χ1) is 16.1. The van der Waals surface area contributed by atoms with E-state index in [1.54, 1.807) is 0 Å². The Balaban J connectivity index is 1.67. The molecule has 0 aromatic carbocycles. The molecule has 34 heavy (non-hydrogen) atoms. The summed E-state index contributed by atoms with van der Waals surface area (Å²) >= 11 is 2.42. The number of aromatic nitrogens is 1. The molecule has 0 unspecified atom stereocenters. The van der Waals surface area contributed by atoms with Crippen LogP contribution in [0.15, 0.2) is 21.8 Å². The number of nitrogens with two attached hydrogens (primary N) is 2. The fraction of sp³-hybridized carbons (Fsp3) is 0.412. The van der Waals surface area contributed by atoms with E-state index in [4.69, 9.17) is 21.4 Å². The number of carboxylic acid groups (broad SMARTS) is 2. The number of nitrogens with one attached hydrogen (secondary N) is 1. The molecule has 0 saturated carbocycles. The number of carbonyl (C=O) groups is 4. The topological polar surface area (TPSA) is 211 Å². The molecule has 3 heterocycles. The van der Waals surface area contributed by atoms with Crippen LogP contribution in [0.5, 0.6) is 0 Å². The van der Waals surface area contributed by atoms with Crippen LogP contribution in [0.2, 0.25) is 0 Å². The molecule has 1 aromatic heterocycles. The summed E-state index contributed by atoms with van der Waals surface area (Å²) in [6, 6.07) is -1.98. The highest BCUT2D eigenvalue weighted by atomic mass is 33.1. The van der Waals surface area contributed by atoms with Crippen molar-refractivity contribution in [3.63, 3.8) is 0 Å². The maximum atomic E-state index is 12.8. The Morgan fingerprint density at radius 2 is 2.15 bits per heavy atom. The van der Waals surface area contributed by atoms with Crippen LogP contribution < -0.4 is 16.8 Å². The Kier molecular flexibility index (Phi) is 8.69. The van der Waals surface area contributed by atoms with Gasteiger partial charge in [0.05, 0.1) is 0 Å². The van der Waals surface area contributed by atoms with Crippen LogP contribution in [-0.4, -0.2) is 91.4 Å². The van der Waals surface area contributed by atoms with Gasteiger partial charge in [-0.3, -0.25) is 19.3 Å². The van der Waals surface area contributed by atoms with E-state index in [-0.39, 0.29) is 33.7 Å². The number of thioether (sulfide) groups is 1. The van der Waals surface area contributed by atoms with E-state index in [2.05, 4.69) is 15.5 Å².